The first kappa shape index (κ1) is 20.9. The number of hydrogen-bond donors (Lipinski definition) is 1. The van der Waals surface area contributed by atoms with Crippen LogP contribution in [0.25, 0.3) is 27.4 Å². The van der Waals surface area contributed by atoms with Gasteiger partial charge in [-0.1, -0.05) is 6.07 Å². The molecule has 1 aromatic heterocycles. The number of aromatic nitrogens is 1. The molecule has 1 amide bonds. The van der Waals surface area contributed by atoms with Gasteiger partial charge in [-0.2, -0.15) is 13.2 Å². The Hall–Kier alpha value is -4.32. The van der Waals surface area contributed by atoms with E-state index in [0.717, 1.165) is 24.3 Å². The lowest BCUT2D eigenvalue weighted by molar-refractivity contribution is -0.137. The number of halogens is 3. The lowest BCUT2D eigenvalue weighted by Gasteiger charge is -2.10. The first-order valence-corrected chi connectivity index (χ1v) is 9.30. The van der Waals surface area contributed by atoms with Crippen LogP contribution in [0.2, 0.25) is 0 Å². The normalized spacial score (nSPS) is 11.2. The van der Waals surface area contributed by atoms with E-state index in [1.54, 1.807) is 42.5 Å². The number of fused-ring (bicyclic) bond motifs is 1. The maximum atomic E-state index is 12.6. The van der Waals surface area contributed by atoms with Crippen molar-refractivity contribution in [2.75, 3.05) is 11.9 Å². The number of alkyl halides is 3. The van der Waals surface area contributed by atoms with E-state index in [2.05, 4.69) is 15.1 Å². The van der Waals surface area contributed by atoms with Crippen molar-refractivity contribution in [2.24, 2.45) is 0 Å². The van der Waals surface area contributed by atoms with E-state index in [9.17, 15) is 18.0 Å². The van der Waals surface area contributed by atoms with Gasteiger partial charge in [0.25, 0.3) is 5.91 Å². The van der Waals surface area contributed by atoms with Crippen molar-refractivity contribution in [3.8, 4) is 17.2 Å². The Kier molecular flexibility index (Phi) is 5.52. The summed E-state index contributed by atoms with van der Waals surface area (Å²) in [7, 11) is 0. The van der Waals surface area contributed by atoms with Gasteiger partial charge in [-0.25, -0.2) is 9.83 Å². The number of amides is 1. The van der Waals surface area contributed by atoms with Crippen LogP contribution in [0.3, 0.4) is 0 Å². The second kappa shape index (κ2) is 8.43. The fourth-order valence-electron chi connectivity index (χ4n) is 2.89. The molecule has 6 nitrogen and oxygen atoms in total. The Bertz CT molecular complexity index is 1310. The highest BCUT2D eigenvalue weighted by molar-refractivity contribution is 5.92. The van der Waals surface area contributed by atoms with E-state index < -0.39 is 17.6 Å². The number of hydrogen-bond acceptors (Lipinski definition) is 4. The molecule has 0 aliphatic carbocycles. The first-order chi connectivity index (χ1) is 15.3. The van der Waals surface area contributed by atoms with Crippen LogP contribution in [0.1, 0.15) is 5.56 Å². The van der Waals surface area contributed by atoms with Crippen LogP contribution in [0.4, 0.5) is 24.5 Å². The van der Waals surface area contributed by atoms with Crippen molar-refractivity contribution in [1.29, 1.82) is 0 Å². The number of nitrogens with zero attached hydrogens (tertiary/aromatic N) is 2. The monoisotopic (exact) mass is 437 g/mol. The molecule has 0 aliphatic rings. The molecule has 0 saturated carbocycles. The number of benzene rings is 3. The summed E-state index contributed by atoms with van der Waals surface area (Å²) in [6.45, 7) is 6.70. The second-order valence-corrected chi connectivity index (χ2v) is 6.72. The molecular formula is C23H14F3N3O3. The van der Waals surface area contributed by atoms with Gasteiger partial charge in [-0.05, 0) is 60.7 Å². The first-order valence-electron chi connectivity index (χ1n) is 9.30. The van der Waals surface area contributed by atoms with Gasteiger partial charge < -0.3 is 14.5 Å². The zero-order valence-electron chi connectivity index (χ0n) is 16.3. The molecule has 0 saturated heterocycles. The van der Waals surface area contributed by atoms with E-state index >= 15 is 0 Å². The summed E-state index contributed by atoms with van der Waals surface area (Å²) in [6.07, 6.45) is -4.43. The molecule has 4 aromatic rings. The smallest absolute Gasteiger partial charge is 0.416 e. The van der Waals surface area contributed by atoms with Gasteiger partial charge in [-0.3, -0.25) is 4.79 Å². The van der Waals surface area contributed by atoms with E-state index in [1.165, 1.54) is 0 Å². The largest absolute Gasteiger partial charge is 0.484 e. The predicted octanol–water partition coefficient (Wildman–Crippen LogP) is 6.08. The molecule has 1 N–H and O–H groups in total. The summed E-state index contributed by atoms with van der Waals surface area (Å²) < 4.78 is 48.6. The molecule has 4 rings (SSSR count). The van der Waals surface area contributed by atoms with Crippen LogP contribution in [-0.4, -0.2) is 17.5 Å². The maximum Gasteiger partial charge on any atom is 0.416 e. The Balaban J connectivity index is 1.36. The minimum absolute atomic E-state index is 0.154. The summed E-state index contributed by atoms with van der Waals surface area (Å²) in [4.78, 5) is 19.8. The Morgan fingerprint density at radius 2 is 1.78 bits per heavy atom. The van der Waals surface area contributed by atoms with Gasteiger partial charge >= 0.3 is 6.18 Å². The molecule has 0 radical (unpaired) electrons. The number of ether oxygens (including phenoxy) is 1. The van der Waals surface area contributed by atoms with Gasteiger partial charge in [0.1, 0.15) is 5.75 Å². The van der Waals surface area contributed by atoms with Gasteiger partial charge in [0.15, 0.2) is 17.9 Å². The summed E-state index contributed by atoms with van der Waals surface area (Å²) in [5.41, 5.74) is 2.00. The average molecular weight is 437 g/mol. The molecule has 1 heterocycles. The molecule has 0 spiro atoms. The number of nitrogens with one attached hydrogen (secondary N) is 1. The Labute approximate surface area is 180 Å². The van der Waals surface area contributed by atoms with E-state index in [4.69, 9.17) is 15.7 Å². The molecule has 9 heteroatoms. The van der Waals surface area contributed by atoms with Gasteiger partial charge in [0, 0.05) is 11.3 Å². The lowest BCUT2D eigenvalue weighted by Crippen LogP contribution is -2.20. The highest BCUT2D eigenvalue weighted by Crippen LogP contribution is 2.30. The highest BCUT2D eigenvalue weighted by atomic mass is 19.4. The zero-order valence-corrected chi connectivity index (χ0v) is 16.3. The van der Waals surface area contributed by atoms with Crippen LogP contribution >= 0.6 is 0 Å². The van der Waals surface area contributed by atoms with Crippen molar-refractivity contribution < 1.29 is 27.1 Å². The summed E-state index contributed by atoms with van der Waals surface area (Å²) >= 11 is 0. The molecular weight excluding hydrogens is 423 g/mol. The highest BCUT2D eigenvalue weighted by Gasteiger charge is 2.30. The third-order valence-electron chi connectivity index (χ3n) is 4.47. The van der Waals surface area contributed by atoms with Gasteiger partial charge in [-0.15, -0.1) is 0 Å². The Morgan fingerprint density at radius 3 is 2.44 bits per heavy atom. The zero-order chi connectivity index (χ0) is 22.7. The average Bonchev–Trinajstić information content (AvgIpc) is 3.21. The maximum absolute atomic E-state index is 12.6. The predicted molar refractivity (Wildman–Crippen MR) is 111 cm³/mol. The summed E-state index contributed by atoms with van der Waals surface area (Å²) in [5.74, 6) is 0.0673. The lowest BCUT2D eigenvalue weighted by atomic mass is 10.2. The molecule has 0 atom stereocenters. The third kappa shape index (κ3) is 4.70. The molecule has 0 unspecified atom stereocenters. The molecule has 160 valence electrons. The van der Waals surface area contributed by atoms with Crippen molar-refractivity contribution in [3.05, 3.63) is 83.7 Å². The van der Waals surface area contributed by atoms with Crippen LogP contribution < -0.4 is 10.1 Å². The topological polar surface area (TPSA) is 68.7 Å². The minimum atomic E-state index is -4.43. The molecule has 32 heavy (non-hydrogen) atoms. The number of rotatable bonds is 5. The fraction of sp³-hybridized carbons (Fsp3) is 0.0870. The summed E-state index contributed by atoms with van der Waals surface area (Å²) in [5, 5.41) is 2.64. The number of oxazole rings is 1. The number of carbonyl (C=O) groups excluding carboxylic acids is 1. The molecule has 0 bridgehead atoms. The Morgan fingerprint density at radius 1 is 1.06 bits per heavy atom. The van der Waals surface area contributed by atoms with Gasteiger partial charge in [0.2, 0.25) is 5.89 Å². The van der Waals surface area contributed by atoms with Crippen molar-refractivity contribution in [1.82, 2.24) is 4.98 Å². The van der Waals surface area contributed by atoms with Crippen molar-refractivity contribution >= 4 is 28.4 Å². The van der Waals surface area contributed by atoms with Crippen molar-refractivity contribution in [2.45, 2.75) is 6.18 Å². The van der Waals surface area contributed by atoms with Crippen molar-refractivity contribution in [3.63, 3.8) is 0 Å². The second-order valence-electron chi connectivity index (χ2n) is 6.72. The molecule has 0 fully saturated rings. The van der Waals surface area contributed by atoms with Crippen LogP contribution in [0.5, 0.6) is 5.75 Å². The van der Waals surface area contributed by atoms with Crippen LogP contribution in [0.15, 0.2) is 71.1 Å². The van der Waals surface area contributed by atoms with Crippen LogP contribution in [0, 0.1) is 6.57 Å². The van der Waals surface area contributed by atoms with E-state index in [-0.39, 0.29) is 12.4 Å². The van der Waals surface area contributed by atoms with Gasteiger partial charge in [0.05, 0.1) is 17.7 Å². The number of carbonyl (C=O) groups is 1. The standard InChI is InChI=1S/C23H14F3N3O3/c1-27-17-8-11-20-19(12-17)29-22(32-20)14-2-6-16(7-3-14)28-21(30)13-31-18-9-4-15(5-10-18)23(24,25)26/h2-12H,13H2,(H,28,30). The molecule has 3 aromatic carbocycles. The van der Waals surface area contributed by atoms with E-state index in [0.29, 0.717) is 33.9 Å². The number of anilines is 1. The SMILES string of the molecule is [C-]#[N+]c1ccc2oc(-c3ccc(NC(=O)COc4ccc(C(F)(F)F)cc4)cc3)nc2c1. The van der Waals surface area contributed by atoms with Crippen LogP contribution in [-0.2, 0) is 11.0 Å². The summed E-state index contributed by atoms with van der Waals surface area (Å²) in [6, 6.07) is 15.8. The minimum Gasteiger partial charge on any atom is -0.484 e. The molecule has 0 aliphatic heterocycles. The van der Waals surface area contributed by atoms with E-state index in [1.807, 2.05) is 0 Å². The fourth-order valence-corrected chi connectivity index (χ4v) is 2.89. The third-order valence-corrected chi connectivity index (χ3v) is 4.47. The quantitative estimate of drug-likeness (QED) is 0.384.